The Labute approximate surface area is 143 Å². The van der Waals surface area contributed by atoms with Gasteiger partial charge in [0, 0.05) is 19.3 Å². The van der Waals surface area contributed by atoms with Gasteiger partial charge < -0.3 is 18.9 Å². The van der Waals surface area contributed by atoms with Gasteiger partial charge in [0.05, 0.1) is 24.1 Å². The molecule has 0 spiro atoms. The maximum absolute atomic E-state index is 14.9. The minimum absolute atomic E-state index is 0.0871. The molecule has 0 radical (unpaired) electrons. The van der Waals surface area contributed by atoms with E-state index in [1.54, 1.807) is 0 Å². The summed E-state index contributed by atoms with van der Waals surface area (Å²) in [5.41, 5.74) is 0.322. The number of anilines is 1. The predicted molar refractivity (Wildman–Crippen MR) is 91.2 cm³/mol. The van der Waals surface area contributed by atoms with Crippen molar-refractivity contribution in [2.75, 3.05) is 31.7 Å². The molecule has 0 saturated carbocycles. The number of hydrogen-bond donors (Lipinski definition) is 0. The van der Waals surface area contributed by atoms with E-state index in [4.69, 9.17) is 9.47 Å². The molecule has 2 aromatic rings. The van der Waals surface area contributed by atoms with Crippen molar-refractivity contribution in [3.63, 3.8) is 0 Å². The fraction of sp³-hybridized carbons (Fsp3) is 0.444. The molecule has 0 aliphatic carbocycles. The van der Waals surface area contributed by atoms with Crippen molar-refractivity contribution >= 4 is 22.6 Å². The minimum atomic E-state index is -0.722. The van der Waals surface area contributed by atoms with Gasteiger partial charge in [-0.2, -0.15) is 0 Å². The first-order valence-electron chi connectivity index (χ1n) is 8.40. The van der Waals surface area contributed by atoms with E-state index in [2.05, 4.69) is 0 Å². The minimum Gasteiger partial charge on any atom is -0.487 e. The summed E-state index contributed by atoms with van der Waals surface area (Å²) in [6.07, 6.45) is 3.50. The van der Waals surface area contributed by atoms with Crippen LogP contribution in [0.1, 0.15) is 36.2 Å². The van der Waals surface area contributed by atoms with Gasteiger partial charge in [0.2, 0.25) is 5.43 Å². The Morgan fingerprint density at radius 3 is 2.76 bits per heavy atom. The number of carbonyl (C=O) groups is 1. The number of rotatable bonds is 2. The SMILES string of the molecule is COC(=O)c1cn2c3c(c(N4CCCC4)c(F)cc3c1=O)OCC2C. The van der Waals surface area contributed by atoms with Gasteiger partial charge in [-0.25, -0.2) is 9.18 Å². The van der Waals surface area contributed by atoms with Gasteiger partial charge in [-0.1, -0.05) is 0 Å². The second-order valence-electron chi connectivity index (χ2n) is 6.56. The second-order valence-corrected chi connectivity index (χ2v) is 6.56. The van der Waals surface area contributed by atoms with Gasteiger partial charge in [-0.15, -0.1) is 0 Å². The second kappa shape index (κ2) is 5.75. The van der Waals surface area contributed by atoms with Gasteiger partial charge in [0.15, 0.2) is 11.6 Å². The first-order chi connectivity index (χ1) is 12.0. The summed E-state index contributed by atoms with van der Waals surface area (Å²) in [6, 6.07) is 1.13. The number of nitrogens with zero attached hydrogens (tertiary/aromatic N) is 2. The number of methoxy groups -OCH3 is 1. The fourth-order valence-electron chi connectivity index (χ4n) is 3.70. The number of benzene rings is 1. The van der Waals surface area contributed by atoms with Crippen LogP contribution in [0.25, 0.3) is 10.9 Å². The molecule has 0 bridgehead atoms. The third-order valence-electron chi connectivity index (χ3n) is 4.97. The monoisotopic (exact) mass is 346 g/mol. The van der Waals surface area contributed by atoms with E-state index in [-0.39, 0.29) is 17.0 Å². The third kappa shape index (κ3) is 2.29. The quantitative estimate of drug-likeness (QED) is 0.782. The van der Waals surface area contributed by atoms with Crippen molar-refractivity contribution in [2.24, 2.45) is 0 Å². The average molecular weight is 346 g/mol. The third-order valence-corrected chi connectivity index (χ3v) is 4.97. The number of pyridine rings is 1. The highest BCUT2D eigenvalue weighted by molar-refractivity contribution is 5.97. The molecule has 0 amide bonds. The predicted octanol–water partition coefficient (Wildman–Crippen LogP) is 2.48. The zero-order chi connectivity index (χ0) is 17.7. The maximum Gasteiger partial charge on any atom is 0.343 e. The number of halogens is 1. The lowest BCUT2D eigenvalue weighted by atomic mass is 10.1. The Morgan fingerprint density at radius 2 is 2.08 bits per heavy atom. The smallest absolute Gasteiger partial charge is 0.343 e. The molecule has 1 fully saturated rings. The lowest BCUT2D eigenvalue weighted by Gasteiger charge is -2.31. The van der Waals surface area contributed by atoms with Gasteiger partial charge in [-0.05, 0) is 25.8 Å². The largest absolute Gasteiger partial charge is 0.487 e. The van der Waals surface area contributed by atoms with Crippen LogP contribution in [0.3, 0.4) is 0 Å². The molecule has 3 heterocycles. The van der Waals surface area contributed by atoms with Crippen LogP contribution >= 0.6 is 0 Å². The summed E-state index contributed by atoms with van der Waals surface area (Å²) in [4.78, 5) is 26.6. The summed E-state index contributed by atoms with van der Waals surface area (Å²) in [6.45, 7) is 3.79. The molecule has 1 aromatic heterocycles. The summed E-state index contributed by atoms with van der Waals surface area (Å²) >= 11 is 0. The lowest BCUT2D eigenvalue weighted by Crippen LogP contribution is -2.29. The van der Waals surface area contributed by atoms with Crippen molar-refractivity contribution < 1.29 is 18.7 Å². The molecule has 2 aliphatic rings. The van der Waals surface area contributed by atoms with Gasteiger partial charge >= 0.3 is 5.97 Å². The molecule has 6 nitrogen and oxygen atoms in total. The van der Waals surface area contributed by atoms with Crippen LogP contribution in [0.15, 0.2) is 17.1 Å². The van der Waals surface area contributed by atoms with Crippen LogP contribution in [0, 0.1) is 5.82 Å². The Morgan fingerprint density at radius 1 is 1.36 bits per heavy atom. The summed E-state index contributed by atoms with van der Waals surface area (Å²) < 4.78 is 27.3. The van der Waals surface area contributed by atoms with E-state index < -0.39 is 17.2 Å². The van der Waals surface area contributed by atoms with Gasteiger partial charge in [0.1, 0.15) is 17.9 Å². The number of ether oxygens (including phenoxy) is 2. The van der Waals surface area contributed by atoms with E-state index in [1.807, 2.05) is 16.4 Å². The molecular formula is C18H19FN2O4. The number of hydrogen-bond acceptors (Lipinski definition) is 5. The Balaban J connectivity index is 2.08. The Kier molecular flexibility index (Phi) is 3.67. The van der Waals surface area contributed by atoms with Crippen LogP contribution in [0.4, 0.5) is 10.1 Å². The molecular weight excluding hydrogens is 327 g/mol. The normalized spacial score (nSPS) is 19.2. The molecule has 132 valence electrons. The molecule has 1 unspecified atom stereocenters. The van der Waals surface area contributed by atoms with Crippen LogP contribution in [0.2, 0.25) is 0 Å². The highest BCUT2D eigenvalue weighted by atomic mass is 19.1. The van der Waals surface area contributed by atoms with Crippen LogP contribution < -0.4 is 15.1 Å². The van der Waals surface area contributed by atoms with E-state index >= 15 is 0 Å². The summed E-state index contributed by atoms with van der Waals surface area (Å²) in [5.74, 6) is -0.826. The van der Waals surface area contributed by atoms with Crippen molar-refractivity contribution in [1.29, 1.82) is 0 Å². The molecule has 1 aromatic carbocycles. The molecule has 7 heteroatoms. The van der Waals surface area contributed by atoms with Crippen molar-refractivity contribution in [3.05, 3.63) is 33.9 Å². The van der Waals surface area contributed by atoms with Crippen molar-refractivity contribution in [1.82, 2.24) is 4.57 Å². The lowest BCUT2D eigenvalue weighted by molar-refractivity contribution is 0.0598. The number of esters is 1. The van der Waals surface area contributed by atoms with Gasteiger partial charge in [-0.3, -0.25) is 4.79 Å². The van der Waals surface area contributed by atoms with Crippen molar-refractivity contribution in [2.45, 2.75) is 25.8 Å². The van der Waals surface area contributed by atoms with E-state index in [0.29, 0.717) is 23.6 Å². The maximum atomic E-state index is 14.9. The standard InChI is InChI=1S/C18H19FN2O4/c1-10-9-25-17-14-11(7-13(19)15(17)20-5-3-4-6-20)16(22)12(8-21(10)14)18(23)24-2/h7-8,10H,3-6,9H2,1-2H3. The summed E-state index contributed by atoms with van der Waals surface area (Å²) in [7, 11) is 1.22. The van der Waals surface area contributed by atoms with Gasteiger partial charge in [0.25, 0.3) is 0 Å². The molecule has 1 atom stereocenters. The molecule has 1 saturated heterocycles. The van der Waals surface area contributed by atoms with E-state index in [9.17, 15) is 14.0 Å². The Bertz CT molecular complexity index is 931. The number of carbonyl (C=O) groups excluding carboxylic acids is 1. The Hall–Kier alpha value is -2.57. The van der Waals surface area contributed by atoms with Crippen LogP contribution in [0.5, 0.6) is 5.75 Å². The first-order valence-corrected chi connectivity index (χ1v) is 8.40. The molecule has 0 N–H and O–H groups in total. The van der Waals surface area contributed by atoms with Crippen LogP contribution in [-0.4, -0.2) is 37.3 Å². The number of aromatic nitrogens is 1. The first kappa shape index (κ1) is 15.9. The molecule has 4 rings (SSSR count). The zero-order valence-electron chi connectivity index (χ0n) is 14.2. The highest BCUT2D eigenvalue weighted by Crippen LogP contribution is 2.42. The zero-order valence-corrected chi connectivity index (χ0v) is 14.2. The fourth-order valence-corrected chi connectivity index (χ4v) is 3.70. The average Bonchev–Trinajstić information content (AvgIpc) is 3.12. The van der Waals surface area contributed by atoms with E-state index in [1.165, 1.54) is 19.4 Å². The molecule has 2 aliphatic heterocycles. The molecule has 25 heavy (non-hydrogen) atoms. The van der Waals surface area contributed by atoms with Crippen molar-refractivity contribution in [3.8, 4) is 5.75 Å². The topological polar surface area (TPSA) is 60.8 Å². The highest BCUT2D eigenvalue weighted by Gasteiger charge is 2.30. The van der Waals surface area contributed by atoms with Crippen LogP contribution in [-0.2, 0) is 4.74 Å². The summed E-state index contributed by atoms with van der Waals surface area (Å²) in [5, 5.41) is 0.143. The van der Waals surface area contributed by atoms with E-state index in [0.717, 1.165) is 25.9 Å².